The Bertz CT molecular complexity index is 2640. The van der Waals surface area contributed by atoms with Crippen molar-refractivity contribution in [2.45, 2.75) is 0 Å². The van der Waals surface area contributed by atoms with Gasteiger partial charge in [0, 0.05) is 33.8 Å². The van der Waals surface area contributed by atoms with Gasteiger partial charge < -0.3 is 9.80 Å². The molecule has 0 aliphatic carbocycles. The smallest absolute Gasteiger partial charge is 0.0540 e. The lowest BCUT2D eigenvalue weighted by molar-refractivity contribution is 1.28. The molecule has 0 aliphatic rings. The summed E-state index contributed by atoms with van der Waals surface area (Å²) in [6, 6.07) is 82.4. The molecule has 0 aliphatic heterocycles. The van der Waals surface area contributed by atoms with Crippen LogP contribution < -0.4 is 9.80 Å². The number of nitrogens with zero attached hydrogens (tertiary/aromatic N) is 2. The van der Waals surface area contributed by atoms with Gasteiger partial charge in [0.1, 0.15) is 0 Å². The molecule has 0 saturated carbocycles. The minimum atomic E-state index is 1.10. The van der Waals surface area contributed by atoms with Gasteiger partial charge in [-0.05, 0) is 105 Å². The van der Waals surface area contributed by atoms with Crippen LogP contribution in [0.5, 0.6) is 0 Å². The highest BCUT2D eigenvalue weighted by atomic mass is 15.1. The fraction of sp³-hybridized carbons (Fsp3) is 0. The van der Waals surface area contributed by atoms with E-state index in [1.165, 1.54) is 44.2 Å². The summed E-state index contributed by atoms with van der Waals surface area (Å²) in [6.45, 7) is 0. The standard InChI is InChI=1S/C52H38N2/c1-5-17-39(18-6-1)42-21-15-27-47(37-42)53(44-23-9-3-10-24-44)46-33-31-41(32-34-46)49-35-36-52(51-30-14-13-29-50(49)51)54(45-25-11-4-12-26-45)48-28-16-22-43(38-48)40-19-7-2-8-20-40/h1-38H. The lowest BCUT2D eigenvalue weighted by atomic mass is 9.95. The van der Waals surface area contributed by atoms with Crippen molar-refractivity contribution in [2.75, 3.05) is 9.80 Å². The fourth-order valence-electron chi connectivity index (χ4n) is 7.46. The van der Waals surface area contributed by atoms with Crippen molar-refractivity contribution in [3.8, 4) is 33.4 Å². The number of fused-ring (bicyclic) bond motifs is 1. The van der Waals surface area contributed by atoms with Crippen molar-refractivity contribution in [3.63, 3.8) is 0 Å². The van der Waals surface area contributed by atoms with Crippen LogP contribution in [0.4, 0.5) is 34.1 Å². The van der Waals surface area contributed by atoms with E-state index in [0.717, 1.165) is 34.1 Å². The Hall–Kier alpha value is -7.16. The molecule has 0 atom stereocenters. The van der Waals surface area contributed by atoms with Crippen LogP contribution in [-0.2, 0) is 0 Å². The molecule has 0 radical (unpaired) electrons. The fourth-order valence-corrected chi connectivity index (χ4v) is 7.46. The lowest BCUT2D eigenvalue weighted by Crippen LogP contribution is -2.10. The van der Waals surface area contributed by atoms with Gasteiger partial charge in [-0.25, -0.2) is 0 Å². The van der Waals surface area contributed by atoms with E-state index < -0.39 is 0 Å². The van der Waals surface area contributed by atoms with E-state index in [2.05, 4.69) is 240 Å². The lowest BCUT2D eigenvalue weighted by Gasteiger charge is -2.28. The zero-order valence-corrected chi connectivity index (χ0v) is 29.8. The van der Waals surface area contributed by atoms with Crippen LogP contribution in [0.2, 0.25) is 0 Å². The Morgan fingerprint density at radius 1 is 0.222 bits per heavy atom. The number of para-hydroxylation sites is 2. The van der Waals surface area contributed by atoms with Crippen molar-refractivity contribution in [2.24, 2.45) is 0 Å². The average molecular weight is 691 g/mol. The molecule has 54 heavy (non-hydrogen) atoms. The van der Waals surface area contributed by atoms with Gasteiger partial charge in [0.2, 0.25) is 0 Å². The molecule has 0 spiro atoms. The van der Waals surface area contributed by atoms with Crippen molar-refractivity contribution >= 4 is 44.9 Å². The molecule has 0 N–H and O–H groups in total. The predicted molar refractivity (Wildman–Crippen MR) is 230 cm³/mol. The summed E-state index contributed by atoms with van der Waals surface area (Å²) in [5, 5.41) is 2.40. The SMILES string of the molecule is c1ccc(-c2cccc(N(c3ccccc3)c3ccc(-c4ccc(N(c5ccccc5)c5cccc(-c6ccccc6)c5)c5ccccc45)cc3)c2)cc1. The normalized spacial score (nSPS) is 11.0. The molecule has 0 bridgehead atoms. The molecular formula is C52H38N2. The third kappa shape index (κ3) is 6.53. The topological polar surface area (TPSA) is 6.48 Å². The number of hydrogen-bond acceptors (Lipinski definition) is 2. The average Bonchev–Trinajstić information content (AvgIpc) is 3.26. The number of rotatable bonds is 9. The van der Waals surface area contributed by atoms with Crippen molar-refractivity contribution in [1.82, 2.24) is 0 Å². The van der Waals surface area contributed by atoms with Gasteiger partial charge in [0.25, 0.3) is 0 Å². The zero-order valence-electron chi connectivity index (χ0n) is 29.8. The van der Waals surface area contributed by atoms with Gasteiger partial charge in [0.05, 0.1) is 5.69 Å². The minimum absolute atomic E-state index is 1.10. The minimum Gasteiger partial charge on any atom is -0.310 e. The van der Waals surface area contributed by atoms with Crippen LogP contribution in [0.15, 0.2) is 231 Å². The highest BCUT2D eigenvalue weighted by Crippen LogP contribution is 2.43. The molecule has 0 unspecified atom stereocenters. The van der Waals surface area contributed by atoms with E-state index in [4.69, 9.17) is 0 Å². The summed E-state index contributed by atoms with van der Waals surface area (Å²) < 4.78 is 0. The van der Waals surface area contributed by atoms with E-state index in [-0.39, 0.29) is 0 Å². The van der Waals surface area contributed by atoms with E-state index >= 15 is 0 Å². The zero-order chi connectivity index (χ0) is 36.1. The summed E-state index contributed by atoms with van der Waals surface area (Å²) in [5.74, 6) is 0. The molecule has 0 amide bonds. The third-order valence-corrected chi connectivity index (χ3v) is 10.0. The summed E-state index contributed by atoms with van der Waals surface area (Å²) in [5.41, 5.74) is 13.8. The van der Waals surface area contributed by atoms with Gasteiger partial charge in [-0.1, -0.05) is 164 Å². The van der Waals surface area contributed by atoms with E-state index in [0.29, 0.717) is 0 Å². The number of benzene rings is 9. The highest BCUT2D eigenvalue weighted by Gasteiger charge is 2.19. The van der Waals surface area contributed by atoms with Crippen molar-refractivity contribution < 1.29 is 0 Å². The summed E-state index contributed by atoms with van der Waals surface area (Å²) in [4.78, 5) is 4.71. The van der Waals surface area contributed by atoms with Crippen molar-refractivity contribution in [1.29, 1.82) is 0 Å². The molecular weight excluding hydrogens is 653 g/mol. The molecule has 9 aromatic rings. The maximum atomic E-state index is 2.38. The maximum Gasteiger partial charge on any atom is 0.0540 e. The van der Waals surface area contributed by atoms with Gasteiger partial charge >= 0.3 is 0 Å². The molecule has 9 aromatic carbocycles. The molecule has 0 aromatic heterocycles. The second-order valence-corrected chi connectivity index (χ2v) is 13.4. The first-order valence-corrected chi connectivity index (χ1v) is 18.4. The quantitative estimate of drug-likeness (QED) is 0.149. The Labute approximate surface area is 317 Å². The van der Waals surface area contributed by atoms with E-state index in [1.807, 2.05) is 0 Å². The van der Waals surface area contributed by atoms with E-state index in [1.54, 1.807) is 0 Å². The summed E-state index contributed by atoms with van der Waals surface area (Å²) >= 11 is 0. The maximum absolute atomic E-state index is 2.38. The first-order chi connectivity index (χ1) is 26.8. The third-order valence-electron chi connectivity index (χ3n) is 10.0. The largest absolute Gasteiger partial charge is 0.310 e. The van der Waals surface area contributed by atoms with Crippen LogP contribution in [0.1, 0.15) is 0 Å². The van der Waals surface area contributed by atoms with Crippen LogP contribution >= 0.6 is 0 Å². The Morgan fingerprint density at radius 3 is 1.19 bits per heavy atom. The molecule has 9 rings (SSSR count). The molecule has 2 heteroatoms. The van der Waals surface area contributed by atoms with Crippen molar-refractivity contribution in [3.05, 3.63) is 231 Å². The monoisotopic (exact) mass is 690 g/mol. The Kier molecular flexibility index (Phi) is 8.99. The van der Waals surface area contributed by atoms with Crippen LogP contribution in [0.3, 0.4) is 0 Å². The first-order valence-electron chi connectivity index (χ1n) is 18.4. The number of hydrogen-bond donors (Lipinski definition) is 0. The second-order valence-electron chi connectivity index (χ2n) is 13.4. The first kappa shape index (κ1) is 32.7. The molecule has 2 nitrogen and oxygen atoms in total. The van der Waals surface area contributed by atoms with Crippen LogP contribution in [0.25, 0.3) is 44.2 Å². The predicted octanol–water partition coefficient (Wildman–Crippen LogP) is 14.8. The van der Waals surface area contributed by atoms with Gasteiger partial charge in [-0.15, -0.1) is 0 Å². The summed E-state index contributed by atoms with van der Waals surface area (Å²) in [7, 11) is 0. The van der Waals surface area contributed by atoms with Gasteiger partial charge in [0.15, 0.2) is 0 Å². The Balaban J connectivity index is 1.12. The number of anilines is 6. The highest BCUT2D eigenvalue weighted by molar-refractivity contribution is 6.06. The summed E-state index contributed by atoms with van der Waals surface area (Å²) in [6.07, 6.45) is 0. The van der Waals surface area contributed by atoms with Gasteiger partial charge in [-0.2, -0.15) is 0 Å². The molecule has 0 saturated heterocycles. The van der Waals surface area contributed by atoms with Gasteiger partial charge in [-0.3, -0.25) is 0 Å². The van der Waals surface area contributed by atoms with Crippen LogP contribution in [0, 0.1) is 0 Å². The van der Waals surface area contributed by atoms with E-state index in [9.17, 15) is 0 Å². The molecule has 0 heterocycles. The molecule has 0 fully saturated rings. The molecule has 256 valence electrons. The van der Waals surface area contributed by atoms with Crippen LogP contribution in [-0.4, -0.2) is 0 Å². The second kappa shape index (κ2) is 14.8. The Morgan fingerprint density at radius 2 is 0.630 bits per heavy atom.